The molecule has 0 aliphatic carbocycles. The van der Waals surface area contributed by atoms with Crippen LogP contribution in [0.2, 0.25) is 0 Å². The number of anilines is 1. The van der Waals surface area contributed by atoms with Crippen LogP contribution in [0.4, 0.5) is 5.82 Å². The summed E-state index contributed by atoms with van der Waals surface area (Å²) in [6.07, 6.45) is 2.89. The number of hydrogen-bond acceptors (Lipinski definition) is 2. The predicted octanol–water partition coefficient (Wildman–Crippen LogP) is 3.16. The number of hydrogen-bond donors (Lipinski definition) is 1. The third-order valence-electron chi connectivity index (χ3n) is 2.99. The molecule has 0 unspecified atom stereocenters. The van der Waals surface area contributed by atoms with Gasteiger partial charge in [0.2, 0.25) is 0 Å². The van der Waals surface area contributed by atoms with Gasteiger partial charge < -0.3 is 10.3 Å². The first-order valence-corrected chi connectivity index (χ1v) is 6.01. The van der Waals surface area contributed by atoms with Crippen LogP contribution >= 0.6 is 0 Å². The zero-order chi connectivity index (χ0) is 12.4. The maximum absolute atomic E-state index is 6.14. The Bertz CT molecular complexity index is 526. The minimum atomic E-state index is 0.764. The maximum atomic E-state index is 6.14. The summed E-state index contributed by atoms with van der Waals surface area (Å²) in [6.45, 7) is 7.23. The van der Waals surface area contributed by atoms with Gasteiger partial charge in [0.05, 0.1) is 6.33 Å². The molecule has 2 aromatic rings. The molecule has 3 heteroatoms. The molecule has 0 saturated heterocycles. The Hall–Kier alpha value is -1.77. The fourth-order valence-electron chi connectivity index (χ4n) is 2.01. The number of rotatable bonds is 3. The number of imidazole rings is 1. The smallest absolute Gasteiger partial charge is 0.131 e. The summed E-state index contributed by atoms with van der Waals surface area (Å²) in [7, 11) is 0. The molecule has 90 valence electrons. The molecule has 0 spiro atoms. The van der Waals surface area contributed by atoms with Gasteiger partial charge in [0.1, 0.15) is 11.5 Å². The summed E-state index contributed by atoms with van der Waals surface area (Å²) in [5.74, 6) is 0.764. The van der Waals surface area contributed by atoms with Gasteiger partial charge in [-0.05, 0) is 31.9 Å². The van der Waals surface area contributed by atoms with Crippen molar-refractivity contribution in [3.63, 3.8) is 0 Å². The molecule has 2 rings (SSSR count). The van der Waals surface area contributed by atoms with Crippen molar-refractivity contribution in [3.05, 3.63) is 35.7 Å². The van der Waals surface area contributed by atoms with E-state index in [1.165, 1.54) is 11.1 Å². The van der Waals surface area contributed by atoms with Crippen molar-refractivity contribution < 1.29 is 0 Å². The lowest BCUT2D eigenvalue weighted by molar-refractivity contribution is 0.686. The van der Waals surface area contributed by atoms with Crippen molar-refractivity contribution in [3.8, 4) is 11.3 Å². The molecular weight excluding hydrogens is 210 g/mol. The maximum Gasteiger partial charge on any atom is 0.131 e. The Morgan fingerprint density at radius 3 is 2.76 bits per heavy atom. The van der Waals surface area contributed by atoms with E-state index < -0.39 is 0 Å². The van der Waals surface area contributed by atoms with Crippen LogP contribution in [0.25, 0.3) is 11.3 Å². The standard InChI is InChI=1S/C14H19N3/c1-4-7-17-9-16-13(14(17)15)12-8-10(2)5-6-11(12)3/h5-6,8-9H,4,7,15H2,1-3H3. The summed E-state index contributed by atoms with van der Waals surface area (Å²) < 4.78 is 2.01. The topological polar surface area (TPSA) is 43.8 Å². The molecule has 1 heterocycles. The number of nitrogens with zero attached hydrogens (tertiary/aromatic N) is 2. The second-order valence-corrected chi connectivity index (χ2v) is 4.49. The predicted molar refractivity (Wildman–Crippen MR) is 71.8 cm³/mol. The summed E-state index contributed by atoms with van der Waals surface area (Å²) >= 11 is 0. The van der Waals surface area contributed by atoms with Crippen molar-refractivity contribution in [2.45, 2.75) is 33.7 Å². The molecule has 0 saturated carbocycles. The largest absolute Gasteiger partial charge is 0.383 e. The van der Waals surface area contributed by atoms with E-state index >= 15 is 0 Å². The third-order valence-corrected chi connectivity index (χ3v) is 2.99. The summed E-state index contributed by atoms with van der Waals surface area (Å²) in [6, 6.07) is 6.37. The van der Waals surface area contributed by atoms with Crippen LogP contribution in [0.1, 0.15) is 24.5 Å². The normalized spacial score (nSPS) is 10.8. The zero-order valence-electron chi connectivity index (χ0n) is 10.7. The molecule has 0 aliphatic rings. The Kier molecular flexibility index (Phi) is 3.18. The lowest BCUT2D eigenvalue weighted by Gasteiger charge is -2.07. The molecular formula is C14H19N3. The number of nitrogen functional groups attached to an aromatic ring is 1. The average Bonchev–Trinajstić information content (AvgIpc) is 2.65. The van der Waals surface area contributed by atoms with Crippen LogP contribution in [0.5, 0.6) is 0 Å². The van der Waals surface area contributed by atoms with E-state index in [4.69, 9.17) is 5.73 Å². The van der Waals surface area contributed by atoms with Crippen LogP contribution in [0.3, 0.4) is 0 Å². The van der Waals surface area contributed by atoms with E-state index in [1.807, 2.05) is 10.9 Å². The summed E-state index contributed by atoms with van der Waals surface area (Å²) in [5, 5.41) is 0. The van der Waals surface area contributed by atoms with E-state index in [2.05, 4.69) is 44.0 Å². The molecule has 1 aromatic heterocycles. The van der Waals surface area contributed by atoms with Crippen molar-refractivity contribution in [1.82, 2.24) is 9.55 Å². The van der Waals surface area contributed by atoms with Gasteiger partial charge in [-0.15, -0.1) is 0 Å². The van der Waals surface area contributed by atoms with E-state index in [0.29, 0.717) is 0 Å². The van der Waals surface area contributed by atoms with Crippen LogP contribution in [-0.2, 0) is 6.54 Å². The number of nitrogens with two attached hydrogens (primary N) is 1. The number of aryl methyl sites for hydroxylation is 3. The van der Waals surface area contributed by atoms with Gasteiger partial charge in [-0.2, -0.15) is 0 Å². The fourth-order valence-corrected chi connectivity index (χ4v) is 2.01. The quantitative estimate of drug-likeness (QED) is 0.878. The van der Waals surface area contributed by atoms with Crippen LogP contribution < -0.4 is 5.73 Å². The molecule has 1 aromatic carbocycles. The molecule has 2 N–H and O–H groups in total. The van der Waals surface area contributed by atoms with E-state index in [0.717, 1.165) is 30.0 Å². The zero-order valence-corrected chi connectivity index (χ0v) is 10.7. The highest BCUT2D eigenvalue weighted by molar-refractivity contribution is 5.73. The van der Waals surface area contributed by atoms with Gasteiger partial charge >= 0.3 is 0 Å². The van der Waals surface area contributed by atoms with Gasteiger partial charge in [0.15, 0.2) is 0 Å². The Morgan fingerprint density at radius 2 is 2.06 bits per heavy atom. The molecule has 0 bridgehead atoms. The fraction of sp³-hybridized carbons (Fsp3) is 0.357. The Labute approximate surface area is 102 Å². The van der Waals surface area contributed by atoms with Gasteiger partial charge in [0, 0.05) is 12.1 Å². The first-order valence-electron chi connectivity index (χ1n) is 6.01. The van der Waals surface area contributed by atoms with Crippen molar-refractivity contribution in [1.29, 1.82) is 0 Å². The van der Waals surface area contributed by atoms with E-state index in [1.54, 1.807) is 0 Å². The van der Waals surface area contributed by atoms with E-state index in [-0.39, 0.29) is 0 Å². The molecule has 0 aliphatic heterocycles. The minimum absolute atomic E-state index is 0.764. The minimum Gasteiger partial charge on any atom is -0.383 e. The van der Waals surface area contributed by atoms with Crippen LogP contribution in [0, 0.1) is 13.8 Å². The van der Waals surface area contributed by atoms with Crippen LogP contribution in [-0.4, -0.2) is 9.55 Å². The lowest BCUT2D eigenvalue weighted by Crippen LogP contribution is -2.01. The number of aromatic nitrogens is 2. The van der Waals surface area contributed by atoms with Gasteiger partial charge in [-0.3, -0.25) is 0 Å². The molecule has 0 amide bonds. The first-order chi connectivity index (χ1) is 8.13. The van der Waals surface area contributed by atoms with Gasteiger partial charge in [-0.1, -0.05) is 24.6 Å². The molecule has 0 atom stereocenters. The second-order valence-electron chi connectivity index (χ2n) is 4.49. The molecule has 17 heavy (non-hydrogen) atoms. The molecule has 0 fully saturated rings. The lowest BCUT2D eigenvalue weighted by atomic mass is 10.0. The van der Waals surface area contributed by atoms with Gasteiger partial charge in [0.25, 0.3) is 0 Å². The molecule has 0 radical (unpaired) electrons. The highest BCUT2D eigenvalue weighted by Gasteiger charge is 2.11. The monoisotopic (exact) mass is 229 g/mol. The Balaban J connectivity index is 2.49. The van der Waals surface area contributed by atoms with Gasteiger partial charge in [-0.25, -0.2) is 4.98 Å². The van der Waals surface area contributed by atoms with Crippen LogP contribution in [0.15, 0.2) is 24.5 Å². The SMILES string of the molecule is CCCn1cnc(-c2cc(C)ccc2C)c1N. The highest BCUT2D eigenvalue weighted by atomic mass is 15.1. The number of benzene rings is 1. The van der Waals surface area contributed by atoms with Crippen molar-refractivity contribution >= 4 is 5.82 Å². The average molecular weight is 229 g/mol. The van der Waals surface area contributed by atoms with Crippen molar-refractivity contribution in [2.75, 3.05) is 5.73 Å². The second kappa shape index (κ2) is 4.62. The van der Waals surface area contributed by atoms with Crippen molar-refractivity contribution in [2.24, 2.45) is 0 Å². The summed E-state index contributed by atoms with van der Waals surface area (Å²) in [4.78, 5) is 4.44. The Morgan fingerprint density at radius 1 is 1.29 bits per heavy atom. The summed E-state index contributed by atoms with van der Waals surface area (Å²) in [5.41, 5.74) is 10.6. The molecule has 3 nitrogen and oxygen atoms in total. The highest BCUT2D eigenvalue weighted by Crippen LogP contribution is 2.28. The van der Waals surface area contributed by atoms with E-state index in [9.17, 15) is 0 Å². The third kappa shape index (κ3) is 2.18. The first kappa shape index (κ1) is 11.7.